The van der Waals surface area contributed by atoms with E-state index in [-0.39, 0.29) is 23.6 Å². The predicted octanol–water partition coefficient (Wildman–Crippen LogP) is 6.38. The van der Waals surface area contributed by atoms with Crippen LogP contribution < -0.4 is 10.1 Å². The van der Waals surface area contributed by atoms with Gasteiger partial charge in [-0.2, -0.15) is 0 Å². The van der Waals surface area contributed by atoms with E-state index in [0.717, 1.165) is 27.5 Å². The summed E-state index contributed by atoms with van der Waals surface area (Å²) in [5, 5.41) is 14.0. The van der Waals surface area contributed by atoms with Crippen LogP contribution in [0.15, 0.2) is 63.5 Å². The van der Waals surface area contributed by atoms with E-state index in [4.69, 9.17) is 9.15 Å². The van der Waals surface area contributed by atoms with Crippen LogP contribution in [0, 0.1) is 10.1 Å². The molecule has 0 aliphatic rings. The van der Waals surface area contributed by atoms with Crippen LogP contribution in [-0.4, -0.2) is 22.4 Å². The van der Waals surface area contributed by atoms with Gasteiger partial charge in [0, 0.05) is 22.9 Å². The van der Waals surface area contributed by atoms with Crippen LogP contribution in [-0.2, 0) is 6.42 Å². The Morgan fingerprint density at radius 1 is 1.15 bits per heavy atom. The number of nitro benzene ring substituents is 1. The highest BCUT2D eigenvalue weighted by molar-refractivity contribution is 9.10. The lowest BCUT2D eigenvalue weighted by Gasteiger charge is -2.08. The van der Waals surface area contributed by atoms with E-state index in [0.29, 0.717) is 17.2 Å². The Hall–Kier alpha value is -3.72. The van der Waals surface area contributed by atoms with Crippen molar-refractivity contribution in [2.45, 2.75) is 20.3 Å². The zero-order valence-corrected chi connectivity index (χ0v) is 19.5. The summed E-state index contributed by atoms with van der Waals surface area (Å²) < 4.78 is 12.0. The summed E-state index contributed by atoms with van der Waals surface area (Å²) in [6, 6.07) is 15.1. The smallest absolute Gasteiger partial charge is 0.311 e. The van der Waals surface area contributed by atoms with Crippen molar-refractivity contribution in [1.29, 1.82) is 0 Å². The standard InChI is InChI=1S/C24H20BrN3O5/c1-3-14-11-18(25)22-19(12-14)27-24(33-22)15-5-8-17(9-6-15)26-23(29)16-7-10-21(32-4-2)20(13-16)28(30)31/h5-13H,3-4H2,1-2H3,(H,26,29). The van der Waals surface area contributed by atoms with E-state index in [1.165, 1.54) is 18.2 Å². The first-order valence-corrected chi connectivity index (χ1v) is 11.1. The van der Waals surface area contributed by atoms with Crippen molar-refractivity contribution in [1.82, 2.24) is 4.98 Å². The maximum Gasteiger partial charge on any atom is 0.311 e. The van der Waals surface area contributed by atoms with Crippen molar-refractivity contribution in [2.75, 3.05) is 11.9 Å². The van der Waals surface area contributed by atoms with Gasteiger partial charge in [-0.15, -0.1) is 0 Å². The number of carbonyl (C=O) groups is 1. The zero-order chi connectivity index (χ0) is 23.5. The quantitative estimate of drug-likeness (QED) is 0.228. The van der Waals surface area contributed by atoms with E-state index in [2.05, 4.69) is 33.2 Å². The van der Waals surface area contributed by atoms with Crippen LogP contribution in [0.25, 0.3) is 22.6 Å². The highest BCUT2D eigenvalue weighted by Crippen LogP contribution is 2.32. The third-order valence-electron chi connectivity index (χ3n) is 5.02. The van der Waals surface area contributed by atoms with E-state index in [9.17, 15) is 14.9 Å². The molecule has 0 aliphatic heterocycles. The number of ether oxygens (including phenoxy) is 1. The number of nitro groups is 1. The maximum absolute atomic E-state index is 12.6. The number of nitrogens with zero attached hydrogens (tertiary/aromatic N) is 2. The second kappa shape index (κ2) is 9.41. The molecule has 8 nitrogen and oxygen atoms in total. The molecule has 0 radical (unpaired) electrons. The molecule has 33 heavy (non-hydrogen) atoms. The van der Waals surface area contributed by atoms with Gasteiger partial charge < -0.3 is 14.5 Å². The van der Waals surface area contributed by atoms with Crippen LogP contribution in [0.3, 0.4) is 0 Å². The maximum atomic E-state index is 12.6. The molecule has 4 aromatic rings. The van der Waals surface area contributed by atoms with Crippen LogP contribution in [0.1, 0.15) is 29.8 Å². The normalized spacial score (nSPS) is 10.9. The molecule has 1 N–H and O–H groups in total. The summed E-state index contributed by atoms with van der Waals surface area (Å²) in [6.07, 6.45) is 0.892. The SMILES string of the molecule is CCOc1ccc(C(=O)Nc2ccc(-c3nc4cc(CC)cc(Br)c4o3)cc2)cc1[N+](=O)[O-]. The van der Waals surface area contributed by atoms with Crippen molar-refractivity contribution >= 4 is 44.3 Å². The molecular formula is C24H20BrN3O5. The number of anilines is 1. The highest BCUT2D eigenvalue weighted by Gasteiger charge is 2.19. The topological polar surface area (TPSA) is 108 Å². The van der Waals surface area contributed by atoms with Crippen LogP contribution in [0.2, 0.25) is 0 Å². The number of rotatable bonds is 7. The Bertz CT molecular complexity index is 1350. The number of nitrogens with one attached hydrogen (secondary N) is 1. The van der Waals surface area contributed by atoms with Crippen molar-refractivity contribution in [2.24, 2.45) is 0 Å². The molecule has 1 amide bonds. The van der Waals surface area contributed by atoms with E-state index in [1.54, 1.807) is 31.2 Å². The van der Waals surface area contributed by atoms with Crippen LogP contribution in [0.5, 0.6) is 5.75 Å². The Morgan fingerprint density at radius 2 is 1.91 bits per heavy atom. The third-order valence-corrected chi connectivity index (χ3v) is 5.61. The van der Waals surface area contributed by atoms with Crippen LogP contribution in [0.4, 0.5) is 11.4 Å². The lowest BCUT2D eigenvalue weighted by Crippen LogP contribution is -2.12. The average molecular weight is 510 g/mol. The van der Waals surface area contributed by atoms with E-state index in [1.807, 2.05) is 12.1 Å². The summed E-state index contributed by atoms with van der Waals surface area (Å²) in [5.74, 6) is 0.130. The number of hydrogen-bond acceptors (Lipinski definition) is 6. The minimum Gasteiger partial charge on any atom is -0.487 e. The molecule has 0 fully saturated rings. The lowest BCUT2D eigenvalue weighted by atomic mass is 10.1. The van der Waals surface area contributed by atoms with Gasteiger partial charge in [-0.05, 0) is 83.4 Å². The molecule has 0 atom stereocenters. The zero-order valence-electron chi connectivity index (χ0n) is 17.9. The largest absolute Gasteiger partial charge is 0.487 e. The summed E-state index contributed by atoms with van der Waals surface area (Å²) in [7, 11) is 0. The van der Waals surface area contributed by atoms with Crippen molar-refractivity contribution in [3.63, 3.8) is 0 Å². The molecule has 0 spiro atoms. The van der Waals surface area contributed by atoms with Gasteiger partial charge in [-0.25, -0.2) is 4.98 Å². The first-order chi connectivity index (χ1) is 15.9. The van der Waals surface area contributed by atoms with Crippen molar-refractivity contribution < 1.29 is 18.9 Å². The van der Waals surface area contributed by atoms with Gasteiger partial charge >= 0.3 is 5.69 Å². The van der Waals surface area contributed by atoms with Gasteiger partial charge in [0.1, 0.15) is 5.52 Å². The molecule has 0 unspecified atom stereocenters. The number of aryl methyl sites for hydroxylation is 1. The summed E-state index contributed by atoms with van der Waals surface area (Å²) in [5.41, 5.74) is 3.79. The monoisotopic (exact) mass is 509 g/mol. The third kappa shape index (κ3) is 4.73. The number of aromatic nitrogens is 1. The molecule has 0 saturated carbocycles. The molecular weight excluding hydrogens is 490 g/mol. The molecule has 4 rings (SSSR count). The number of hydrogen-bond donors (Lipinski definition) is 1. The number of benzene rings is 3. The molecule has 1 aromatic heterocycles. The number of oxazole rings is 1. The lowest BCUT2D eigenvalue weighted by molar-refractivity contribution is -0.385. The molecule has 0 aliphatic carbocycles. The van der Waals surface area contributed by atoms with E-state index >= 15 is 0 Å². The highest BCUT2D eigenvalue weighted by atomic mass is 79.9. The van der Waals surface area contributed by atoms with Gasteiger partial charge in [0.05, 0.1) is 16.0 Å². The minimum absolute atomic E-state index is 0.124. The Kier molecular flexibility index (Phi) is 6.41. The van der Waals surface area contributed by atoms with Gasteiger partial charge in [-0.3, -0.25) is 14.9 Å². The van der Waals surface area contributed by atoms with E-state index < -0.39 is 10.8 Å². The van der Waals surface area contributed by atoms with Gasteiger partial charge in [0.25, 0.3) is 5.91 Å². The fraction of sp³-hybridized carbons (Fsp3) is 0.167. The van der Waals surface area contributed by atoms with Gasteiger partial charge in [-0.1, -0.05) is 6.92 Å². The Balaban J connectivity index is 1.54. The summed E-state index contributed by atoms with van der Waals surface area (Å²) >= 11 is 3.53. The predicted molar refractivity (Wildman–Crippen MR) is 129 cm³/mol. The number of fused-ring (bicyclic) bond motifs is 1. The number of carbonyl (C=O) groups excluding carboxylic acids is 1. The molecule has 3 aromatic carbocycles. The fourth-order valence-corrected chi connectivity index (χ4v) is 3.93. The first kappa shape index (κ1) is 22.5. The van der Waals surface area contributed by atoms with Crippen LogP contribution >= 0.6 is 15.9 Å². The Labute approximate surface area is 197 Å². The second-order valence-corrected chi connectivity index (χ2v) is 8.06. The second-order valence-electron chi connectivity index (χ2n) is 7.20. The average Bonchev–Trinajstić information content (AvgIpc) is 3.24. The first-order valence-electron chi connectivity index (χ1n) is 10.3. The summed E-state index contributed by atoms with van der Waals surface area (Å²) in [6.45, 7) is 4.10. The van der Waals surface area contributed by atoms with Gasteiger partial charge in [0.15, 0.2) is 11.3 Å². The summed E-state index contributed by atoms with van der Waals surface area (Å²) in [4.78, 5) is 27.9. The minimum atomic E-state index is -0.571. The van der Waals surface area contributed by atoms with Crippen molar-refractivity contribution in [3.05, 3.63) is 80.3 Å². The molecule has 168 valence electrons. The molecule has 1 heterocycles. The van der Waals surface area contributed by atoms with Gasteiger partial charge in [0.2, 0.25) is 5.89 Å². The Morgan fingerprint density at radius 3 is 2.58 bits per heavy atom. The molecule has 0 saturated heterocycles. The molecule has 0 bridgehead atoms. The fourth-order valence-electron chi connectivity index (χ4n) is 3.35. The van der Waals surface area contributed by atoms with Crippen molar-refractivity contribution in [3.8, 4) is 17.2 Å². The number of halogens is 1. The number of amides is 1. The molecule has 9 heteroatoms.